The first-order valence-corrected chi connectivity index (χ1v) is 7.06. The van der Waals surface area contributed by atoms with Crippen molar-refractivity contribution in [2.45, 2.75) is 6.92 Å². The number of Topliss-reactive ketones (excluding diaryl/α,β-unsaturated/α-hetero) is 1. The Morgan fingerprint density at radius 1 is 1.17 bits per heavy atom. The number of carbonyl (C=O) groups excluding carboxylic acids is 1. The minimum atomic E-state index is -0.309. The lowest BCUT2D eigenvalue weighted by molar-refractivity contribution is 0.104. The van der Waals surface area contributed by atoms with Gasteiger partial charge in [-0.25, -0.2) is 0 Å². The number of ketones is 1. The Balaban J connectivity index is 1.99. The highest BCUT2D eigenvalue weighted by Crippen LogP contribution is 2.32. The summed E-state index contributed by atoms with van der Waals surface area (Å²) in [6, 6.07) is 14.3. The summed E-state index contributed by atoms with van der Waals surface area (Å²) in [5.74, 6) is 0.171. The molecule has 2 aromatic carbocycles. The fourth-order valence-corrected chi connectivity index (χ4v) is 2.44. The third-order valence-corrected chi connectivity index (χ3v) is 3.61. The van der Waals surface area contributed by atoms with E-state index in [1.807, 2.05) is 31.2 Å². The first kappa shape index (κ1) is 14.5. The number of nitrogens with one attached hydrogen (secondary N) is 3. The van der Waals surface area contributed by atoms with E-state index in [-0.39, 0.29) is 11.4 Å². The van der Waals surface area contributed by atoms with Gasteiger partial charge in [0, 0.05) is 11.8 Å². The van der Waals surface area contributed by atoms with Crippen molar-refractivity contribution < 1.29 is 4.79 Å². The zero-order valence-electron chi connectivity index (χ0n) is 12.5. The number of benzene rings is 2. The Kier molecular flexibility index (Phi) is 3.65. The predicted octanol–water partition coefficient (Wildman–Crippen LogP) is 3.45. The number of nitriles is 1. The molecule has 0 radical (unpaired) electrons. The summed E-state index contributed by atoms with van der Waals surface area (Å²) in [6.07, 6.45) is 1.02. The Morgan fingerprint density at radius 2 is 1.96 bits per heavy atom. The molecule has 0 spiro atoms. The molecule has 0 atom stereocenters. The highest BCUT2D eigenvalue weighted by Gasteiger charge is 2.21. The normalized spacial score (nSPS) is 14.1. The van der Waals surface area contributed by atoms with Crippen LogP contribution in [0.3, 0.4) is 0 Å². The number of fused-ring (bicyclic) bond motifs is 1. The lowest BCUT2D eigenvalue weighted by Gasteiger charge is -2.07. The van der Waals surface area contributed by atoms with Crippen LogP contribution in [0.5, 0.6) is 0 Å². The van der Waals surface area contributed by atoms with E-state index in [1.54, 1.807) is 18.2 Å². The van der Waals surface area contributed by atoms with Crippen LogP contribution in [0.2, 0.25) is 0 Å². The first-order chi connectivity index (χ1) is 11.1. The molecule has 1 aliphatic rings. The first-order valence-electron chi connectivity index (χ1n) is 7.06. The third kappa shape index (κ3) is 2.70. The topological polar surface area (TPSA) is 88.8 Å². The molecule has 1 heterocycles. The molecule has 2 aromatic rings. The second-order valence-electron chi connectivity index (χ2n) is 5.25. The summed E-state index contributed by atoms with van der Waals surface area (Å²) in [4.78, 5) is 12.7. The van der Waals surface area contributed by atoms with Crippen LogP contribution in [0.15, 0.2) is 53.9 Å². The quantitative estimate of drug-likeness (QED) is 0.460. The van der Waals surface area contributed by atoms with Gasteiger partial charge < -0.3 is 16.0 Å². The fraction of sp³-hybridized carbons (Fsp3) is 0.0556. The van der Waals surface area contributed by atoms with E-state index in [0.717, 1.165) is 23.2 Å². The van der Waals surface area contributed by atoms with E-state index >= 15 is 0 Å². The van der Waals surface area contributed by atoms with Crippen molar-refractivity contribution in [3.63, 3.8) is 0 Å². The monoisotopic (exact) mass is 302 g/mol. The van der Waals surface area contributed by atoms with Gasteiger partial charge in [-0.3, -0.25) is 4.79 Å². The number of aryl methyl sites for hydroxylation is 1. The van der Waals surface area contributed by atoms with Gasteiger partial charge in [0.15, 0.2) is 5.78 Å². The van der Waals surface area contributed by atoms with Gasteiger partial charge in [-0.1, -0.05) is 18.2 Å². The highest BCUT2D eigenvalue weighted by atomic mass is 16.1. The highest BCUT2D eigenvalue weighted by molar-refractivity contribution is 6.22. The van der Waals surface area contributed by atoms with Gasteiger partial charge in [0.2, 0.25) is 0 Å². The molecule has 0 saturated carbocycles. The van der Waals surface area contributed by atoms with Crippen molar-refractivity contribution in [3.8, 4) is 6.07 Å². The molecule has 112 valence electrons. The number of anilines is 2. The van der Waals surface area contributed by atoms with Gasteiger partial charge in [0.25, 0.3) is 0 Å². The third-order valence-electron chi connectivity index (χ3n) is 3.61. The molecule has 0 bridgehead atoms. The van der Waals surface area contributed by atoms with E-state index in [0.29, 0.717) is 16.9 Å². The van der Waals surface area contributed by atoms with Crippen LogP contribution >= 0.6 is 0 Å². The van der Waals surface area contributed by atoms with Crippen LogP contribution in [0, 0.1) is 23.7 Å². The molecule has 23 heavy (non-hydrogen) atoms. The number of carbonyl (C=O) groups is 1. The average Bonchev–Trinajstić information content (AvgIpc) is 2.98. The molecule has 0 saturated heterocycles. The molecule has 5 nitrogen and oxygen atoms in total. The van der Waals surface area contributed by atoms with E-state index < -0.39 is 0 Å². The van der Waals surface area contributed by atoms with Crippen LogP contribution in [-0.4, -0.2) is 12.0 Å². The maximum Gasteiger partial charge on any atom is 0.198 e. The summed E-state index contributed by atoms with van der Waals surface area (Å²) in [7, 11) is 0. The van der Waals surface area contributed by atoms with Crippen molar-refractivity contribution in [1.29, 1.82) is 10.7 Å². The van der Waals surface area contributed by atoms with Gasteiger partial charge in [-0.05, 0) is 36.8 Å². The lowest BCUT2D eigenvalue weighted by Crippen LogP contribution is -2.14. The summed E-state index contributed by atoms with van der Waals surface area (Å²) in [5, 5.41) is 22.8. The smallest absolute Gasteiger partial charge is 0.198 e. The van der Waals surface area contributed by atoms with Crippen molar-refractivity contribution in [1.82, 2.24) is 0 Å². The van der Waals surface area contributed by atoms with Gasteiger partial charge in [-0.15, -0.1) is 0 Å². The molecule has 3 N–H and O–H groups in total. The molecular weight excluding hydrogens is 288 g/mol. The molecule has 3 rings (SSSR count). The Hall–Kier alpha value is -3.39. The number of rotatable bonds is 3. The van der Waals surface area contributed by atoms with Crippen molar-refractivity contribution >= 4 is 23.4 Å². The summed E-state index contributed by atoms with van der Waals surface area (Å²) in [5.41, 5.74) is 3.85. The SMILES string of the molecule is Cc1ccc2c(c1)N/C(=C(\C=N)C(=O)c1cccc(C#N)c1)N2. The molecule has 0 aliphatic carbocycles. The van der Waals surface area contributed by atoms with Crippen LogP contribution in [0.4, 0.5) is 11.4 Å². The van der Waals surface area contributed by atoms with Crippen LogP contribution in [0.1, 0.15) is 21.5 Å². The average molecular weight is 302 g/mol. The molecule has 0 fully saturated rings. The molecular formula is C18H14N4O. The molecule has 0 amide bonds. The standard InChI is InChI=1S/C18H14N4O/c1-11-5-6-15-16(7-11)22-18(21-15)14(10-20)17(23)13-4-2-3-12(8-13)9-19/h2-8,10,20-22H,1H3/b18-14+,20-10?. The maximum absolute atomic E-state index is 12.7. The maximum atomic E-state index is 12.7. The number of hydrogen-bond acceptors (Lipinski definition) is 5. The minimum Gasteiger partial charge on any atom is -0.339 e. The minimum absolute atomic E-state index is 0.217. The number of hydrogen-bond donors (Lipinski definition) is 3. The van der Waals surface area contributed by atoms with Crippen LogP contribution < -0.4 is 10.6 Å². The zero-order chi connectivity index (χ0) is 16.4. The van der Waals surface area contributed by atoms with Gasteiger partial charge in [0.05, 0.1) is 28.6 Å². The molecule has 0 aromatic heterocycles. The number of nitrogens with zero attached hydrogens (tertiary/aromatic N) is 1. The Morgan fingerprint density at radius 3 is 2.70 bits per heavy atom. The van der Waals surface area contributed by atoms with Crippen molar-refractivity contribution in [2.75, 3.05) is 10.6 Å². The van der Waals surface area contributed by atoms with Gasteiger partial charge >= 0.3 is 0 Å². The van der Waals surface area contributed by atoms with Gasteiger partial charge in [-0.2, -0.15) is 5.26 Å². The van der Waals surface area contributed by atoms with Crippen molar-refractivity contribution in [3.05, 3.63) is 70.5 Å². The summed E-state index contributed by atoms with van der Waals surface area (Å²) >= 11 is 0. The predicted molar refractivity (Wildman–Crippen MR) is 89.7 cm³/mol. The molecule has 5 heteroatoms. The van der Waals surface area contributed by atoms with Crippen LogP contribution in [0.25, 0.3) is 0 Å². The summed E-state index contributed by atoms with van der Waals surface area (Å²) < 4.78 is 0. The fourth-order valence-electron chi connectivity index (χ4n) is 2.44. The molecule has 1 aliphatic heterocycles. The lowest BCUT2D eigenvalue weighted by atomic mass is 10.0. The number of allylic oxidation sites excluding steroid dienone is 1. The Bertz CT molecular complexity index is 890. The second-order valence-corrected chi connectivity index (χ2v) is 5.25. The van der Waals surface area contributed by atoms with E-state index in [4.69, 9.17) is 10.7 Å². The van der Waals surface area contributed by atoms with E-state index in [9.17, 15) is 4.79 Å². The van der Waals surface area contributed by atoms with Crippen molar-refractivity contribution in [2.24, 2.45) is 0 Å². The Labute approximate surface area is 133 Å². The largest absolute Gasteiger partial charge is 0.339 e. The van der Waals surface area contributed by atoms with Crippen LogP contribution in [-0.2, 0) is 0 Å². The zero-order valence-corrected chi connectivity index (χ0v) is 12.5. The van der Waals surface area contributed by atoms with E-state index in [1.165, 1.54) is 6.07 Å². The van der Waals surface area contributed by atoms with Gasteiger partial charge in [0.1, 0.15) is 5.82 Å². The van der Waals surface area contributed by atoms with E-state index in [2.05, 4.69) is 10.6 Å². The second kappa shape index (κ2) is 5.78. The molecule has 0 unspecified atom stereocenters. The summed E-state index contributed by atoms with van der Waals surface area (Å²) in [6.45, 7) is 1.99.